The molecule has 2 aromatic rings. The van der Waals surface area contributed by atoms with Crippen molar-refractivity contribution in [3.05, 3.63) is 70.1 Å². The Bertz CT molecular complexity index is 734. The SMILES string of the molecule is Cc1c(C[N-]N(C)C)cccc1NC(=O)c1ccc(C(C)(C)C)cc1.[Y]. The number of amides is 1. The minimum atomic E-state index is -0.0924. The van der Waals surface area contributed by atoms with Gasteiger partial charge in [-0.2, -0.15) is 0 Å². The molecule has 0 spiro atoms. The van der Waals surface area contributed by atoms with Crippen molar-refractivity contribution < 1.29 is 37.5 Å². The van der Waals surface area contributed by atoms with E-state index in [0.717, 1.165) is 16.8 Å². The third kappa shape index (κ3) is 6.27. The van der Waals surface area contributed by atoms with E-state index >= 15 is 0 Å². The van der Waals surface area contributed by atoms with Crippen molar-refractivity contribution in [2.45, 2.75) is 39.7 Å². The Morgan fingerprint density at radius 2 is 1.69 bits per heavy atom. The van der Waals surface area contributed by atoms with E-state index in [1.54, 1.807) is 5.01 Å². The van der Waals surface area contributed by atoms with Crippen LogP contribution in [0.25, 0.3) is 5.43 Å². The monoisotopic (exact) mass is 427 g/mol. The normalized spacial score (nSPS) is 11.2. The molecule has 2 rings (SSSR count). The summed E-state index contributed by atoms with van der Waals surface area (Å²) in [5.41, 5.74) is 9.33. The molecule has 0 unspecified atom stereocenters. The van der Waals surface area contributed by atoms with Crippen LogP contribution in [0.4, 0.5) is 5.69 Å². The van der Waals surface area contributed by atoms with Crippen LogP contribution < -0.4 is 5.32 Å². The van der Waals surface area contributed by atoms with Crippen molar-refractivity contribution in [3.8, 4) is 0 Å². The van der Waals surface area contributed by atoms with Crippen molar-refractivity contribution >= 4 is 11.6 Å². The van der Waals surface area contributed by atoms with Crippen LogP contribution in [-0.2, 0) is 44.7 Å². The number of nitrogens with zero attached hydrogens (tertiary/aromatic N) is 2. The Morgan fingerprint density at radius 3 is 2.23 bits per heavy atom. The van der Waals surface area contributed by atoms with Crippen molar-refractivity contribution in [3.63, 3.8) is 0 Å². The average molecular weight is 427 g/mol. The van der Waals surface area contributed by atoms with Gasteiger partial charge < -0.3 is 15.8 Å². The molecule has 0 saturated heterocycles. The number of hydrogen-bond donors (Lipinski definition) is 1. The Balaban J connectivity index is 0.00000338. The maximum absolute atomic E-state index is 12.6. The molecule has 0 saturated carbocycles. The van der Waals surface area contributed by atoms with Gasteiger partial charge in [-0.15, -0.1) is 6.54 Å². The molecule has 0 heterocycles. The first-order chi connectivity index (χ1) is 11.7. The van der Waals surface area contributed by atoms with Gasteiger partial charge in [-0.3, -0.25) is 4.79 Å². The second kappa shape index (κ2) is 9.75. The predicted molar refractivity (Wildman–Crippen MR) is 105 cm³/mol. The molecule has 4 nitrogen and oxygen atoms in total. The molecule has 1 radical (unpaired) electrons. The van der Waals surface area contributed by atoms with Crippen molar-refractivity contribution in [1.82, 2.24) is 5.01 Å². The molecular weight excluding hydrogens is 399 g/mol. The van der Waals surface area contributed by atoms with Gasteiger partial charge in [0.05, 0.1) is 0 Å². The standard InChI is InChI=1S/C21H28N3O.Y/c1-15-17(14-22-24(5)6)8-7-9-19(15)23-20(25)16-10-12-18(13-11-16)21(2,3)4;/h7-13H,14H2,1-6H3,(H,23,25);/q-1;. The predicted octanol–water partition coefficient (Wildman–Crippen LogP) is 4.89. The van der Waals surface area contributed by atoms with Gasteiger partial charge in [0.25, 0.3) is 5.91 Å². The first kappa shape index (κ1) is 23.0. The van der Waals surface area contributed by atoms with Gasteiger partial charge >= 0.3 is 0 Å². The van der Waals surface area contributed by atoms with Crippen LogP contribution in [0.1, 0.15) is 47.8 Å². The van der Waals surface area contributed by atoms with Gasteiger partial charge in [0.15, 0.2) is 0 Å². The molecule has 0 aliphatic carbocycles. The van der Waals surface area contributed by atoms with Crippen molar-refractivity contribution in [1.29, 1.82) is 0 Å². The van der Waals surface area contributed by atoms with Gasteiger partial charge in [-0.1, -0.05) is 50.6 Å². The Morgan fingerprint density at radius 1 is 1.08 bits per heavy atom. The average Bonchev–Trinajstić information content (AvgIpc) is 2.54. The Hall–Kier alpha value is -1.07. The van der Waals surface area contributed by atoms with E-state index in [4.69, 9.17) is 0 Å². The van der Waals surface area contributed by atoms with Crippen LogP contribution in [0, 0.1) is 6.92 Å². The fraction of sp³-hybridized carbons (Fsp3) is 0.381. The molecule has 5 heteroatoms. The number of anilines is 1. The van der Waals surface area contributed by atoms with Crippen molar-refractivity contribution in [2.75, 3.05) is 19.4 Å². The number of nitrogens with one attached hydrogen (secondary N) is 1. The summed E-state index contributed by atoms with van der Waals surface area (Å²) >= 11 is 0. The molecule has 26 heavy (non-hydrogen) atoms. The summed E-state index contributed by atoms with van der Waals surface area (Å²) < 4.78 is 0. The summed E-state index contributed by atoms with van der Waals surface area (Å²) in [6, 6.07) is 13.7. The second-order valence-electron chi connectivity index (χ2n) is 7.52. The molecule has 0 atom stereocenters. The van der Waals surface area contributed by atoms with Crippen LogP contribution in [-0.4, -0.2) is 25.0 Å². The van der Waals surface area contributed by atoms with Crippen LogP contribution >= 0.6 is 0 Å². The summed E-state index contributed by atoms with van der Waals surface area (Å²) in [6.45, 7) is 9.10. The van der Waals surface area contributed by atoms with Gasteiger partial charge in [0.1, 0.15) is 0 Å². The van der Waals surface area contributed by atoms with Crippen LogP contribution in [0.5, 0.6) is 0 Å². The van der Waals surface area contributed by atoms with Crippen LogP contribution in [0.2, 0.25) is 0 Å². The van der Waals surface area contributed by atoms with E-state index in [0.29, 0.717) is 12.1 Å². The van der Waals surface area contributed by atoms with Crippen molar-refractivity contribution in [2.24, 2.45) is 0 Å². The number of carbonyl (C=O) groups excluding carboxylic acids is 1. The van der Waals surface area contributed by atoms with Gasteiger partial charge in [0, 0.05) is 44.0 Å². The zero-order valence-electron chi connectivity index (χ0n) is 16.6. The van der Waals surface area contributed by atoms with E-state index in [9.17, 15) is 4.79 Å². The summed E-state index contributed by atoms with van der Waals surface area (Å²) in [5.74, 6) is -0.0924. The van der Waals surface area contributed by atoms with Crippen LogP contribution in [0.3, 0.4) is 0 Å². The van der Waals surface area contributed by atoms with Gasteiger partial charge in [0.2, 0.25) is 0 Å². The molecular formula is C21H28N3OY-. The van der Waals surface area contributed by atoms with Gasteiger partial charge in [-0.25, -0.2) is 0 Å². The largest absolute Gasteiger partial charge is 0.591 e. The first-order valence-corrected chi connectivity index (χ1v) is 8.53. The molecule has 1 N–H and O–H groups in total. The fourth-order valence-corrected chi connectivity index (χ4v) is 2.52. The molecule has 0 fully saturated rings. The topological polar surface area (TPSA) is 46.4 Å². The smallest absolute Gasteiger partial charge is 0.255 e. The first-order valence-electron chi connectivity index (χ1n) is 8.53. The number of carbonyl (C=O) groups is 1. The summed E-state index contributed by atoms with van der Waals surface area (Å²) in [4.78, 5) is 12.6. The van der Waals surface area contributed by atoms with E-state index in [1.165, 1.54) is 5.56 Å². The van der Waals surface area contributed by atoms with E-state index in [1.807, 2.05) is 63.5 Å². The Kier molecular flexibility index (Phi) is 8.61. The third-order valence-electron chi connectivity index (χ3n) is 4.23. The summed E-state index contributed by atoms with van der Waals surface area (Å²) in [7, 11) is 3.81. The second-order valence-corrected chi connectivity index (χ2v) is 7.52. The van der Waals surface area contributed by atoms with E-state index in [2.05, 4.69) is 31.5 Å². The molecule has 0 bridgehead atoms. The molecule has 2 aromatic carbocycles. The molecule has 137 valence electrons. The number of benzene rings is 2. The molecule has 0 aromatic heterocycles. The Labute approximate surface area is 182 Å². The minimum Gasteiger partial charge on any atom is -0.591 e. The maximum Gasteiger partial charge on any atom is 0.255 e. The number of rotatable bonds is 5. The summed E-state index contributed by atoms with van der Waals surface area (Å²) in [5, 5.41) is 4.81. The van der Waals surface area contributed by atoms with E-state index < -0.39 is 0 Å². The quantitative estimate of drug-likeness (QED) is 0.691. The third-order valence-corrected chi connectivity index (χ3v) is 4.23. The number of hydrogen-bond acceptors (Lipinski definition) is 2. The minimum absolute atomic E-state index is 0. The molecule has 0 aliphatic rings. The zero-order valence-corrected chi connectivity index (χ0v) is 19.5. The van der Waals surface area contributed by atoms with E-state index in [-0.39, 0.29) is 44.0 Å². The van der Waals surface area contributed by atoms with Gasteiger partial charge in [-0.05, 0) is 55.8 Å². The summed E-state index contributed by atoms with van der Waals surface area (Å²) in [6.07, 6.45) is 0. The molecule has 0 aliphatic heterocycles. The molecule has 1 amide bonds. The fourth-order valence-electron chi connectivity index (χ4n) is 2.52. The maximum atomic E-state index is 12.6. The zero-order chi connectivity index (χ0) is 18.6. The van der Waals surface area contributed by atoms with Crippen LogP contribution in [0.15, 0.2) is 42.5 Å².